The number of benzene rings is 1. The first-order chi connectivity index (χ1) is 9.17. The Labute approximate surface area is 113 Å². The molecule has 0 aromatic heterocycles. The summed E-state index contributed by atoms with van der Waals surface area (Å²) >= 11 is 0. The van der Waals surface area contributed by atoms with Gasteiger partial charge in [-0.05, 0) is 38.1 Å². The maximum Gasteiger partial charge on any atom is 0.323 e. The summed E-state index contributed by atoms with van der Waals surface area (Å²) in [5.74, 6) is 1.13. The van der Waals surface area contributed by atoms with Crippen LogP contribution in [0.5, 0.6) is 11.5 Å². The van der Waals surface area contributed by atoms with Crippen LogP contribution < -0.4 is 15.2 Å². The minimum atomic E-state index is -0.636. The number of esters is 1. The first-order valence-corrected chi connectivity index (χ1v) is 6.45. The van der Waals surface area contributed by atoms with Crippen molar-refractivity contribution < 1.29 is 19.0 Å². The molecule has 1 rings (SSSR count). The van der Waals surface area contributed by atoms with E-state index in [1.165, 1.54) is 0 Å². The molecular formula is C14H21NO4. The lowest BCUT2D eigenvalue weighted by Gasteiger charge is -2.11. The van der Waals surface area contributed by atoms with E-state index in [1.807, 2.05) is 31.2 Å². The van der Waals surface area contributed by atoms with Gasteiger partial charge < -0.3 is 19.9 Å². The molecule has 5 nitrogen and oxygen atoms in total. The molecule has 0 aliphatic carbocycles. The van der Waals surface area contributed by atoms with Crippen LogP contribution in [-0.4, -0.2) is 31.8 Å². The summed E-state index contributed by atoms with van der Waals surface area (Å²) in [5, 5.41) is 0. The first kappa shape index (κ1) is 15.3. The largest absolute Gasteiger partial charge is 0.494 e. The smallest absolute Gasteiger partial charge is 0.323 e. The van der Waals surface area contributed by atoms with E-state index < -0.39 is 12.0 Å². The van der Waals surface area contributed by atoms with Gasteiger partial charge in [0, 0.05) is 6.42 Å². The molecule has 19 heavy (non-hydrogen) atoms. The summed E-state index contributed by atoms with van der Waals surface area (Å²) in [7, 11) is 0. The summed E-state index contributed by atoms with van der Waals surface area (Å²) in [6.45, 7) is 5.02. The van der Waals surface area contributed by atoms with E-state index in [4.69, 9.17) is 19.9 Å². The zero-order chi connectivity index (χ0) is 14.1. The van der Waals surface area contributed by atoms with Crippen molar-refractivity contribution in [3.8, 4) is 11.5 Å². The number of carbonyl (C=O) groups is 1. The van der Waals surface area contributed by atoms with Gasteiger partial charge in [-0.2, -0.15) is 0 Å². The first-order valence-electron chi connectivity index (χ1n) is 6.45. The molecule has 0 spiro atoms. The van der Waals surface area contributed by atoms with E-state index >= 15 is 0 Å². The van der Waals surface area contributed by atoms with Gasteiger partial charge in [-0.15, -0.1) is 0 Å². The van der Waals surface area contributed by atoms with E-state index in [-0.39, 0.29) is 0 Å². The molecule has 1 atom stereocenters. The van der Waals surface area contributed by atoms with Gasteiger partial charge in [0.15, 0.2) is 0 Å². The van der Waals surface area contributed by atoms with Gasteiger partial charge in [0.05, 0.1) is 19.8 Å². The van der Waals surface area contributed by atoms with Gasteiger partial charge in [0.25, 0.3) is 0 Å². The molecule has 0 saturated carbocycles. The number of hydrogen-bond acceptors (Lipinski definition) is 5. The molecule has 1 unspecified atom stereocenters. The van der Waals surface area contributed by atoms with E-state index in [0.29, 0.717) is 26.2 Å². The molecule has 0 bridgehead atoms. The number of nitrogens with two attached hydrogens (primary N) is 1. The number of carbonyl (C=O) groups excluding carboxylic acids is 1. The number of ether oxygens (including phenoxy) is 3. The second-order valence-corrected chi connectivity index (χ2v) is 3.90. The van der Waals surface area contributed by atoms with Gasteiger partial charge >= 0.3 is 5.97 Å². The van der Waals surface area contributed by atoms with Gasteiger partial charge in [0.1, 0.15) is 17.5 Å². The van der Waals surface area contributed by atoms with Crippen LogP contribution in [-0.2, 0) is 9.53 Å². The molecule has 1 aromatic rings. The van der Waals surface area contributed by atoms with E-state index in [1.54, 1.807) is 6.92 Å². The van der Waals surface area contributed by atoms with Crippen LogP contribution in [0.15, 0.2) is 24.3 Å². The quantitative estimate of drug-likeness (QED) is 0.726. The Hall–Kier alpha value is -1.75. The molecule has 0 radical (unpaired) electrons. The van der Waals surface area contributed by atoms with E-state index in [9.17, 15) is 4.79 Å². The molecule has 0 heterocycles. The van der Waals surface area contributed by atoms with Crippen LogP contribution in [0.25, 0.3) is 0 Å². The zero-order valence-electron chi connectivity index (χ0n) is 11.4. The SMILES string of the molecule is CCOC(=O)C(N)CCOc1ccc(OCC)cc1. The van der Waals surface area contributed by atoms with Crippen molar-refractivity contribution in [1.82, 2.24) is 0 Å². The lowest BCUT2D eigenvalue weighted by atomic mass is 10.2. The van der Waals surface area contributed by atoms with Crippen molar-refractivity contribution in [3.05, 3.63) is 24.3 Å². The molecule has 5 heteroatoms. The second kappa shape index (κ2) is 8.37. The summed E-state index contributed by atoms with van der Waals surface area (Å²) in [6.07, 6.45) is 0.423. The van der Waals surface area contributed by atoms with E-state index in [0.717, 1.165) is 11.5 Å². The van der Waals surface area contributed by atoms with Crippen molar-refractivity contribution in [2.24, 2.45) is 5.73 Å². The lowest BCUT2D eigenvalue weighted by Crippen LogP contribution is -2.33. The molecule has 0 aliphatic rings. The third-order valence-corrected chi connectivity index (χ3v) is 2.42. The minimum Gasteiger partial charge on any atom is -0.494 e. The third kappa shape index (κ3) is 5.61. The highest BCUT2D eigenvalue weighted by atomic mass is 16.5. The Morgan fingerprint density at radius 3 is 2.21 bits per heavy atom. The monoisotopic (exact) mass is 267 g/mol. The molecule has 0 amide bonds. The maximum absolute atomic E-state index is 11.3. The summed E-state index contributed by atoms with van der Waals surface area (Å²) in [5.41, 5.74) is 5.66. The molecule has 0 aliphatic heterocycles. The minimum absolute atomic E-state index is 0.340. The molecule has 2 N–H and O–H groups in total. The van der Waals surface area contributed by atoms with Gasteiger partial charge in [-0.25, -0.2) is 0 Å². The Balaban J connectivity index is 2.30. The van der Waals surface area contributed by atoms with Crippen LogP contribution in [0.3, 0.4) is 0 Å². The molecule has 1 aromatic carbocycles. The third-order valence-electron chi connectivity index (χ3n) is 2.42. The van der Waals surface area contributed by atoms with Crippen LogP contribution in [0.4, 0.5) is 0 Å². The highest BCUT2D eigenvalue weighted by molar-refractivity contribution is 5.75. The van der Waals surface area contributed by atoms with Crippen LogP contribution >= 0.6 is 0 Å². The topological polar surface area (TPSA) is 70.8 Å². The maximum atomic E-state index is 11.3. The Morgan fingerprint density at radius 2 is 1.68 bits per heavy atom. The number of rotatable bonds is 8. The fraction of sp³-hybridized carbons (Fsp3) is 0.500. The Bertz CT molecular complexity index is 378. The fourth-order valence-electron chi connectivity index (χ4n) is 1.47. The molecule has 0 saturated heterocycles. The van der Waals surface area contributed by atoms with Gasteiger partial charge in [-0.1, -0.05) is 0 Å². The number of hydrogen-bond donors (Lipinski definition) is 1. The average molecular weight is 267 g/mol. The van der Waals surface area contributed by atoms with Crippen molar-refractivity contribution in [2.75, 3.05) is 19.8 Å². The summed E-state index contributed by atoms with van der Waals surface area (Å²) < 4.78 is 15.6. The fourth-order valence-corrected chi connectivity index (χ4v) is 1.47. The lowest BCUT2D eigenvalue weighted by molar-refractivity contribution is -0.145. The van der Waals surface area contributed by atoms with Crippen LogP contribution in [0.2, 0.25) is 0 Å². The predicted octanol–water partition coefficient (Wildman–Crippen LogP) is 1.74. The molecule has 106 valence electrons. The summed E-state index contributed by atoms with van der Waals surface area (Å²) in [4.78, 5) is 11.3. The van der Waals surface area contributed by atoms with Crippen molar-refractivity contribution in [3.63, 3.8) is 0 Å². The second-order valence-electron chi connectivity index (χ2n) is 3.90. The molecular weight excluding hydrogens is 246 g/mol. The molecule has 0 fully saturated rings. The zero-order valence-corrected chi connectivity index (χ0v) is 11.4. The summed E-state index contributed by atoms with van der Waals surface area (Å²) in [6, 6.07) is 6.68. The standard InChI is InChI=1S/C14H21NO4/c1-3-17-11-5-7-12(8-6-11)19-10-9-13(15)14(16)18-4-2/h5-8,13H,3-4,9-10,15H2,1-2H3. The average Bonchev–Trinajstić information content (AvgIpc) is 2.41. The van der Waals surface area contributed by atoms with Crippen LogP contribution in [0.1, 0.15) is 20.3 Å². The highest BCUT2D eigenvalue weighted by Gasteiger charge is 2.14. The van der Waals surface area contributed by atoms with Crippen LogP contribution in [0, 0.1) is 0 Å². The van der Waals surface area contributed by atoms with Gasteiger partial charge in [-0.3, -0.25) is 4.79 Å². The van der Waals surface area contributed by atoms with Gasteiger partial charge in [0.2, 0.25) is 0 Å². The predicted molar refractivity (Wildman–Crippen MR) is 72.3 cm³/mol. The normalized spacial score (nSPS) is 11.7. The van der Waals surface area contributed by atoms with E-state index in [2.05, 4.69) is 0 Å². The van der Waals surface area contributed by atoms with Crippen molar-refractivity contribution in [1.29, 1.82) is 0 Å². The highest BCUT2D eigenvalue weighted by Crippen LogP contribution is 2.17. The Morgan fingerprint density at radius 1 is 1.11 bits per heavy atom. The van der Waals surface area contributed by atoms with Crippen molar-refractivity contribution in [2.45, 2.75) is 26.3 Å². The Kier molecular flexibility index (Phi) is 6.74. The van der Waals surface area contributed by atoms with Crippen molar-refractivity contribution >= 4 is 5.97 Å².